The SMILES string of the molecule is CN(CCC#N)c1ccc(/C=N\N2C(=O)N[C@@](C)(CCc3ccccc3)C2=O)cc1. The fraction of sp³-hybridized carbons (Fsp3) is 0.304. The molecule has 30 heavy (non-hydrogen) atoms. The highest BCUT2D eigenvalue weighted by Gasteiger charge is 2.47. The topological polar surface area (TPSA) is 88.8 Å². The van der Waals surface area contributed by atoms with Gasteiger partial charge in [-0.2, -0.15) is 10.4 Å². The molecule has 0 bridgehead atoms. The van der Waals surface area contributed by atoms with Crippen LogP contribution in [0.5, 0.6) is 0 Å². The number of imide groups is 1. The molecule has 1 N–H and O–H groups in total. The predicted molar refractivity (Wildman–Crippen MR) is 116 cm³/mol. The molecule has 0 spiro atoms. The largest absolute Gasteiger partial charge is 0.374 e. The summed E-state index contributed by atoms with van der Waals surface area (Å²) < 4.78 is 0. The van der Waals surface area contributed by atoms with Crippen molar-refractivity contribution in [2.75, 3.05) is 18.5 Å². The van der Waals surface area contributed by atoms with Gasteiger partial charge in [0.25, 0.3) is 5.91 Å². The molecule has 1 heterocycles. The average Bonchev–Trinajstić information content (AvgIpc) is 2.98. The first-order chi connectivity index (χ1) is 14.4. The number of nitrogens with zero attached hydrogens (tertiary/aromatic N) is 4. The molecule has 0 aromatic heterocycles. The summed E-state index contributed by atoms with van der Waals surface area (Å²) in [6, 6.07) is 19.0. The van der Waals surface area contributed by atoms with E-state index in [1.165, 1.54) is 6.21 Å². The zero-order valence-electron chi connectivity index (χ0n) is 17.2. The minimum Gasteiger partial charge on any atom is -0.374 e. The second-order valence-corrected chi connectivity index (χ2v) is 7.53. The third-order valence-corrected chi connectivity index (χ3v) is 5.21. The van der Waals surface area contributed by atoms with Gasteiger partial charge in [-0.05, 0) is 43.0 Å². The Bertz CT molecular complexity index is 965. The third kappa shape index (κ3) is 4.84. The number of hydrazone groups is 1. The number of hydrogen-bond donors (Lipinski definition) is 1. The van der Waals surface area contributed by atoms with Crippen LogP contribution in [0.15, 0.2) is 59.7 Å². The molecule has 3 rings (SSSR count). The predicted octanol–water partition coefficient (Wildman–Crippen LogP) is 3.31. The van der Waals surface area contributed by atoms with E-state index >= 15 is 0 Å². The van der Waals surface area contributed by atoms with E-state index in [0.717, 1.165) is 21.8 Å². The lowest BCUT2D eigenvalue weighted by Crippen LogP contribution is -2.44. The molecule has 1 aliphatic rings. The summed E-state index contributed by atoms with van der Waals surface area (Å²) in [5, 5.41) is 16.5. The maximum atomic E-state index is 12.8. The molecule has 1 saturated heterocycles. The molecule has 0 radical (unpaired) electrons. The lowest BCUT2D eigenvalue weighted by molar-refractivity contribution is -0.130. The Morgan fingerprint density at radius 1 is 1.17 bits per heavy atom. The van der Waals surface area contributed by atoms with Gasteiger partial charge in [0.05, 0.1) is 18.7 Å². The van der Waals surface area contributed by atoms with Crippen molar-refractivity contribution in [1.29, 1.82) is 5.26 Å². The van der Waals surface area contributed by atoms with E-state index in [1.54, 1.807) is 6.92 Å². The van der Waals surface area contributed by atoms with E-state index in [4.69, 9.17) is 5.26 Å². The molecule has 2 aromatic rings. The molecule has 0 saturated carbocycles. The third-order valence-electron chi connectivity index (χ3n) is 5.21. The Labute approximate surface area is 176 Å². The summed E-state index contributed by atoms with van der Waals surface area (Å²) in [6.45, 7) is 2.38. The molecule has 1 fully saturated rings. The molecule has 1 atom stereocenters. The molecule has 2 aromatic carbocycles. The highest BCUT2D eigenvalue weighted by atomic mass is 16.2. The van der Waals surface area contributed by atoms with Crippen LogP contribution >= 0.6 is 0 Å². The van der Waals surface area contributed by atoms with E-state index in [0.29, 0.717) is 25.8 Å². The van der Waals surface area contributed by atoms with E-state index < -0.39 is 11.6 Å². The van der Waals surface area contributed by atoms with Crippen molar-refractivity contribution < 1.29 is 9.59 Å². The first kappa shape index (κ1) is 21.1. The number of anilines is 1. The quantitative estimate of drug-likeness (QED) is 0.541. The number of aryl methyl sites for hydroxylation is 1. The zero-order valence-corrected chi connectivity index (χ0v) is 17.2. The van der Waals surface area contributed by atoms with Crippen LogP contribution in [0.1, 0.15) is 30.9 Å². The molecular weight excluding hydrogens is 378 g/mol. The molecule has 0 aliphatic carbocycles. The second kappa shape index (κ2) is 9.23. The van der Waals surface area contributed by atoms with Crippen molar-refractivity contribution in [3.63, 3.8) is 0 Å². The van der Waals surface area contributed by atoms with Crippen LogP contribution in [-0.2, 0) is 11.2 Å². The Hall–Kier alpha value is -3.66. The van der Waals surface area contributed by atoms with Gasteiger partial charge in [-0.3, -0.25) is 4.79 Å². The second-order valence-electron chi connectivity index (χ2n) is 7.53. The summed E-state index contributed by atoms with van der Waals surface area (Å²) in [5.41, 5.74) is 1.89. The lowest BCUT2D eigenvalue weighted by atomic mass is 9.93. The van der Waals surface area contributed by atoms with Crippen molar-refractivity contribution in [2.24, 2.45) is 5.10 Å². The molecule has 0 unspecified atom stereocenters. The van der Waals surface area contributed by atoms with Crippen LogP contribution in [0.25, 0.3) is 0 Å². The number of urea groups is 1. The van der Waals surface area contributed by atoms with Crippen LogP contribution < -0.4 is 10.2 Å². The summed E-state index contributed by atoms with van der Waals surface area (Å²) in [6.07, 6.45) is 3.13. The van der Waals surface area contributed by atoms with Gasteiger partial charge in [0.15, 0.2) is 0 Å². The van der Waals surface area contributed by atoms with Gasteiger partial charge in [-0.1, -0.05) is 42.5 Å². The maximum Gasteiger partial charge on any atom is 0.346 e. The maximum absolute atomic E-state index is 12.8. The van der Waals surface area contributed by atoms with Gasteiger partial charge < -0.3 is 10.2 Å². The van der Waals surface area contributed by atoms with E-state index in [9.17, 15) is 9.59 Å². The number of benzene rings is 2. The normalized spacial score (nSPS) is 18.5. The van der Waals surface area contributed by atoms with Crippen LogP contribution in [0.4, 0.5) is 10.5 Å². The van der Waals surface area contributed by atoms with Gasteiger partial charge >= 0.3 is 6.03 Å². The Morgan fingerprint density at radius 2 is 1.87 bits per heavy atom. The van der Waals surface area contributed by atoms with Crippen molar-refractivity contribution in [3.8, 4) is 6.07 Å². The number of amides is 3. The van der Waals surface area contributed by atoms with E-state index in [1.807, 2.05) is 66.5 Å². The average molecular weight is 403 g/mol. The molecule has 7 heteroatoms. The molecule has 1 aliphatic heterocycles. The summed E-state index contributed by atoms with van der Waals surface area (Å²) in [4.78, 5) is 27.1. The van der Waals surface area contributed by atoms with Crippen LogP contribution in [0.3, 0.4) is 0 Å². The molecule has 154 valence electrons. The number of carbonyl (C=O) groups is 2. The number of nitrogens with one attached hydrogen (secondary N) is 1. The van der Waals surface area contributed by atoms with Crippen molar-refractivity contribution >= 4 is 23.8 Å². The highest BCUT2D eigenvalue weighted by molar-refractivity contribution is 6.07. The van der Waals surface area contributed by atoms with Gasteiger partial charge in [0.2, 0.25) is 0 Å². The van der Waals surface area contributed by atoms with Crippen LogP contribution in [-0.4, -0.2) is 42.3 Å². The Balaban J connectivity index is 1.63. The zero-order chi connectivity index (χ0) is 21.6. The van der Waals surface area contributed by atoms with Crippen LogP contribution in [0, 0.1) is 11.3 Å². The first-order valence-corrected chi connectivity index (χ1v) is 9.86. The minimum atomic E-state index is -0.975. The number of hydrogen-bond acceptors (Lipinski definition) is 5. The van der Waals surface area contributed by atoms with Gasteiger partial charge in [0, 0.05) is 19.3 Å². The smallest absolute Gasteiger partial charge is 0.346 e. The molecular formula is C23H25N5O2. The van der Waals surface area contributed by atoms with E-state index in [2.05, 4.69) is 16.5 Å². The Morgan fingerprint density at radius 3 is 2.53 bits per heavy atom. The summed E-state index contributed by atoms with van der Waals surface area (Å²) in [7, 11) is 1.92. The molecule has 3 amide bonds. The van der Waals surface area contributed by atoms with Crippen molar-refractivity contribution in [3.05, 3.63) is 65.7 Å². The summed E-state index contributed by atoms with van der Waals surface area (Å²) >= 11 is 0. The summed E-state index contributed by atoms with van der Waals surface area (Å²) in [5.74, 6) is -0.354. The Kier molecular flexibility index (Phi) is 6.48. The first-order valence-electron chi connectivity index (χ1n) is 9.86. The minimum absolute atomic E-state index is 0.354. The van der Waals surface area contributed by atoms with Crippen molar-refractivity contribution in [2.45, 2.75) is 31.7 Å². The standard InChI is InChI=1S/C23H25N5O2/c1-23(14-13-18-7-4-3-5-8-18)21(29)28(22(30)26-23)25-17-19-9-11-20(12-10-19)27(2)16-6-15-24/h3-5,7-12,17H,6,13-14,16H2,1-2H3,(H,26,30)/b25-17-/t23-/m0/s1. The van der Waals surface area contributed by atoms with Gasteiger partial charge in [-0.25, -0.2) is 4.79 Å². The fourth-order valence-corrected chi connectivity index (χ4v) is 3.27. The van der Waals surface area contributed by atoms with E-state index in [-0.39, 0.29) is 5.91 Å². The van der Waals surface area contributed by atoms with Gasteiger partial charge in [0.1, 0.15) is 5.54 Å². The monoisotopic (exact) mass is 403 g/mol. The van der Waals surface area contributed by atoms with Gasteiger partial charge in [-0.15, -0.1) is 5.01 Å². The number of carbonyl (C=O) groups excluding carboxylic acids is 2. The highest BCUT2D eigenvalue weighted by Crippen LogP contribution is 2.23. The molecule has 7 nitrogen and oxygen atoms in total. The van der Waals surface area contributed by atoms with Crippen LogP contribution in [0.2, 0.25) is 0 Å². The lowest BCUT2D eigenvalue weighted by Gasteiger charge is -2.20. The fourth-order valence-electron chi connectivity index (χ4n) is 3.27. The number of rotatable bonds is 8. The number of nitriles is 1. The van der Waals surface area contributed by atoms with Crippen molar-refractivity contribution in [1.82, 2.24) is 10.3 Å².